The summed E-state index contributed by atoms with van der Waals surface area (Å²) in [6.07, 6.45) is 1.20. The van der Waals surface area contributed by atoms with Crippen molar-refractivity contribution in [2.75, 3.05) is 0 Å². The van der Waals surface area contributed by atoms with Gasteiger partial charge in [-0.3, -0.25) is 9.36 Å². The monoisotopic (exact) mass is 305 g/mol. The fourth-order valence-electron chi connectivity index (χ4n) is 1.52. The van der Waals surface area contributed by atoms with Gasteiger partial charge < -0.3 is 5.11 Å². The summed E-state index contributed by atoms with van der Waals surface area (Å²) in [6.45, 7) is 3.69. The minimum Gasteiger partial charge on any atom is -0.480 e. The standard InChI is InChI=1S/C11H13BrFNO3/c1-6(2)3-9(11(16)17)14-5-8(13)7(12)4-10(14)15/h4-6,9H,3H2,1-2H3,(H,16,17). The van der Waals surface area contributed by atoms with Gasteiger partial charge in [0.15, 0.2) is 5.82 Å². The third-order valence-corrected chi connectivity index (χ3v) is 2.91. The van der Waals surface area contributed by atoms with E-state index >= 15 is 0 Å². The Kier molecular flexibility index (Phi) is 4.45. The molecule has 0 amide bonds. The van der Waals surface area contributed by atoms with E-state index in [1.807, 2.05) is 13.8 Å². The van der Waals surface area contributed by atoms with Crippen LogP contribution in [-0.4, -0.2) is 15.6 Å². The molecule has 1 heterocycles. The maximum absolute atomic E-state index is 13.3. The van der Waals surface area contributed by atoms with Gasteiger partial charge in [-0.1, -0.05) is 13.8 Å². The summed E-state index contributed by atoms with van der Waals surface area (Å²) < 4.78 is 14.3. The van der Waals surface area contributed by atoms with E-state index in [1.54, 1.807) is 0 Å². The summed E-state index contributed by atoms with van der Waals surface area (Å²) >= 11 is 2.88. The van der Waals surface area contributed by atoms with E-state index in [9.17, 15) is 14.0 Å². The molecule has 0 aromatic carbocycles. The van der Waals surface area contributed by atoms with Crippen molar-refractivity contribution >= 4 is 21.9 Å². The summed E-state index contributed by atoms with van der Waals surface area (Å²) in [5.41, 5.74) is -0.536. The zero-order valence-electron chi connectivity index (χ0n) is 9.48. The smallest absolute Gasteiger partial charge is 0.326 e. The van der Waals surface area contributed by atoms with Crippen molar-refractivity contribution < 1.29 is 14.3 Å². The number of nitrogens with zero attached hydrogens (tertiary/aromatic N) is 1. The molecule has 6 heteroatoms. The number of carbonyl (C=O) groups is 1. The van der Waals surface area contributed by atoms with Gasteiger partial charge in [-0.15, -0.1) is 0 Å². The van der Waals surface area contributed by atoms with E-state index in [0.717, 1.165) is 16.8 Å². The second-order valence-electron chi connectivity index (χ2n) is 4.20. The summed E-state index contributed by atoms with van der Waals surface area (Å²) in [5, 5.41) is 9.07. The first-order chi connectivity index (χ1) is 7.82. The minimum absolute atomic E-state index is 0.0347. The third kappa shape index (κ3) is 3.39. The number of aromatic nitrogens is 1. The predicted octanol–water partition coefficient (Wildman–Crippen LogP) is 2.42. The highest BCUT2D eigenvalue weighted by Gasteiger charge is 2.22. The van der Waals surface area contributed by atoms with E-state index in [2.05, 4.69) is 15.9 Å². The first-order valence-electron chi connectivity index (χ1n) is 5.13. The highest BCUT2D eigenvalue weighted by molar-refractivity contribution is 9.10. The number of carboxylic acid groups (broad SMARTS) is 1. The second-order valence-corrected chi connectivity index (χ2v) is 5.05. The van der Waals surface area contributed by atoms with Crippen molar-refractivity contribution in [1.29, 1.82) is 0 Å². The number of hydrogen-bond acceptors (Lipinski definition) is 2. The summed E-state index contributed by atoms with van der Waals surface area (Å²) in [4.78, 5) is 22.7. The molecule has 0 radical (unpaired) electrons. The predicted molar refractivity (Wildman–Crippen MR) is 64.5 cm³/mol. The van der Waals surface area contributed by atoms with Gasteiger partial charge in [-0.2, -0.15) is 0 Å². The Labute approximate surface area is 106 Å². The molecule has 0 bridgehead atoms. The van der Waals surface area contributed by atoms with Crippen LogP contribution >= 0.6 is 15.9 Å². The molecule has 0 saturated heterocycles. The van der Waals surface area contributed by atoms with Crippen molar-refractivity contribution in [3.8, 4) is 0 Å². The van der Waals surface area contributed by atoms with Crippen LogP contribution in [0, 0.1) is 11.7 Å². The first-order valence-corrected chi connectivity index (χ1v) is 5.92. The van der Waals surface area contributed by atoms with Crippen LogP contribution in [-0.2, 0) is 4.79 Å². The number of pyridine rings is 1. The maximum Gasteiger partial charge on any atom is 0.326 e. The zero-order chi connectivity index (χ0) is 13.2. The number of aliphatic carboxylic acids is 1. The van der Waals surface area contributed by atoms with Crippen molar-refractivity contribution in [3.05, 3.63) is 32.9 Å². The molecule has 94 valence electrons. The molecule has 0 aliphatic carbocycles. The molecule has 0 saturated carbocycles. The van der Waals surface area contributed by atoms with Crippen molar-refractivity contribution in [2.45, 2.75) is 26.3 Å². The van der Waals surface area contributed by atoms with Crippen LogP contribution in [0.25, 0.3) is 0 Å². The SMILES string of the molecule is CC(C)CC(C(=O)O)n1cc(F)c(Br)cc1=O. The van der Waals surface area contributed by atoms with Gasteiger partial charge in [0.1, 0.15) is 6.04 Å². The molecule has 4 nitrogen and oxygen atoms in total. The topological polar surface area (TPSA) is 59.3 Å². The van der Waals surface area contributed by atoms with Crippen LogP contribution in [0.4, 0.5) is 4.39 Å². The Morgan fingerprint density at radius 3 is 2.65 bits per heavy atom. The Morgan fingerprint density at radius 2 is 2.18 bits per heavy atom. The average molecular weight is 306 g/mol. The highest BCUT2D eigenvalue weighted by Crippen LogP contribution is 2.19. The van der Waals surface area contributed by atoms with Gasteiger partial charge >= 0.3 is 5.97 Å². The first kappa shape index (κ1) is 13.9. The van der Waals surface area contributed by atoms with Crippen LogP contribution in [0.2, 0.25) is 0 Å². The second kappa shape index (κ2) is 5.44. The van der Waals surface area contributed by atoms with Crippen LogP contribution < -0.4 is 5.56 Å². The van der Waals surface area contributed by atoms with Crippen LogP contribution in [0.5, 0.6) is 0 Å². The van der Waals surface area contributed by atoms with Gasteiger partial charge in [-0.25, -0.2) is 9.18 Å². The zero-order valence-corrected chi connectivity index (χ0v) is 11.1. The van der Waals surface area contributed by atoms with Gasteiger partial charge in [0, 0.05) is 12.3 Å². The van der Waals surface area contributed by atoms with Crippen molar-refractivity contribution in [2.24, 2.45) is 5.92 Å². The molecule has 0 spiro atoms. The Hall–Kier alpha value is -1.17. The molecule has 0 fully saturated rings. The van der Waals surface area contributed by atoms with Crippen molar-refractivity contribution in [1.82, 2.24) is 4.57 Å². The Bertz CT molecular complexity index is 484. The lowest BCUT2D eigenvalue weighted by Gasteiger charge is -2.17. The summed E-state index contributed by atoms with van der Waals surface area (Å²) in [5.74, 6) is -1.70. The third-order valence-electron chi connectivity index (χ3n) is 2.30. The molecule has 1 atom stereocenters. The molecule has 1 aromatic rings. The lowest BCUT2D eigenvalue weighted by atomic mass is 10.0. The van der Waals surface area contributed by atoms with Crippen LogP contribution in [0.1, 0.15) is 26.3 Å². The summed E-state index contributed by atoms with van der Waals surface area (Å²) in [6, 6.07) is -0.00361. The maximum atomic E-state index is 13.3. The molecule has 17 heavy (non-hydrogen) atoms. The number of hydrogen-bond donors (Lipinski definition) is 1. The van der Waals surface area contributed by atoms with Gasteiger partial charge in [0.05, 0.1) is 4.47 Å². The molecule has 1 rings (SSSR count). The Balaban J connectivity index is 3.24. The van der Waals surface area contributed by atoms with Crippen LogP contribution in [0.15, 0.2) is 21.5 Å². The van der Waals surface area contributed by atoms with E-state index in [0.29, 0.717) is 0 Å². The fraction of sp³-hybridized carbons (Fsp3) is 0.455. The lowest BCUT2D eigenvalue weighted by molar-refractivity contribution is -0.141. The van der Waals surface area contributed by atoms with Crippen LogP contribution in [0.3, 0.4) is 0 Å². The van der Waals surface area contributed by atoms with E-state index < -0.39 is 23.4 Å². The molecule has 1 aromatic heterocycles. The Morgan fingerprint density at radius 1 is 1.59 bits per heavy atom. The average Bonchev–Trinajstić information content (AvgIpc) is 2.20. The van der Waals surface area contributed by atoms with Crippen molar-refractivity contribution in [3.63, 3.8) is 0 Å². The number of carboxylic acids is 1. The molecular formula is C11H13BrFNO3. The normalized spacial score (nSPS) is 12.8. The molecule has 1 N–H and O–H groups in total. The molecular weight excluding hydrogens is 293 g/mol. The van der Waals surface area contributed by atoms with E-state index in [4.69, 9.17) is 5.11 Å². The van der Waals surface area contributed by atoms with Gasteiger partial charge in [-0.05, 0) is 28.3 Å². The molecule has 1 unspecified atom stereocenters. The highest BCUT2D eigenvalue weighted by atomic mass is 79.9. The molecule has 0 aliphatic rings. The number of halogens is 2. The lowest BCUT2D eigenvalue weighted by Crippen LogP contribution is -2.30. The minimum atomic E-state index is -1.14. The van der Waals surface area contributed by atoms with Gasteiger partial charge in [0.2, 0.25) is 0 Å². The quantitative estimate of drug-likeness (QED) is 0.929. The summed E-state index contributed by atoms with van der Waals surface area (Å²) in [7, 11) is 0. The largest absolute Gasteiger partial charge is 0.480 e. The van der Waals surface area contributed by atoms with Gasteiger partial charge in [0.25, 0.3) is 5.56 Å². The number of rotatable bonds is 4. The van der Waals surface area contributed by atoms with E-state index in [1.165, 1.54) is 0 Å². The van der Waals surface area contributed by atoms with E-state index in [-0.39, 0.29) is 16.8 Å². The molecule has 0 aliphatic heterocycles. The fourth-order valence-corrected chi connectivity index (χ4v) is 1.82.